The number of hydrogen-bond donors (Lipinski definition) is 2. The molecule has 1 aromatic rings. The summed E-state index contributed by atoms with van der Waals surface area (Å²) in [5.41, 5.74) is 0.764. The van der Waals surface area contributed by atoms with Gasteiger partial charge in [-0.1, -0.05) is 25.4 Å². The van der Waals surface area contributed by atoms with E-state index in [9.17, 15) is 4.79 Å². The van der Waals surface area contributed by atoms with Crippen molar-refractivity contribution in [2.24, 2.45) is 5.92 Å². The molecular formula is C11H14ClNO2. The normalized spacial score (nSPS) is 12.5. The van der Waals surface area contributed by atoms with Gasteiger partial charge >= 0.3 is 5.97 Å². The number of hydrogen-bond acceptors (Lipinski definition) is 2. The summed E-state index contributed by atoms with van der Waals surface area (Å²) < 4.78 is 0. The van der Waals surface area contributed by atoms with Crippen molar-refractivity contribution in [1.82, 2.24) is 0 Å². The molecule has 15 heavy (non-hydrogen) atoms. The van der Waals surface area contributed by atoms with Gasteiger partial charge in [0.15, 0.2) is 0 Å². The highest BCUT2D eigenvalue weighted by atomic mass is 35.5. The predicted octanol–water partition coefficient (Wildman–Crippen LogP) is 2.86. The van der Waals surface area contributed by atoms with E-state index in [1.54, 1.807) is 24.3 Å². The Morgan fingerprint density at radius 3 is 2.27 bits per heavy atom. The molecule has 0 aromatic heterocycles. The Kier molecular flexibility index (Phi) is 3.97. The van der Waals surface area contributed by atoms with Gasteiger partial charge in [0.25, 0.3) is 0 Å². The molecule has 1 rings (SSSR count). The lowest BCUT2D eigenvalue weighted by molar-refractivity contribution is -0.138. The summed E-state index contributed by atoms with van der Waals surface area (Å²) in [6, 6.07) is 6.40. The molecule has 2 N–H and O–H groups in total. The quantitative estimate of drug-likeness (QED) is 0.832. The minimum absolute atomic E-state index is 0.0261. The molecule has 0 fully saturated rings. The van der Waals surface area contributed by atoms with Gasteiger partial charge in [0.1, 0.15) is 6.04 Å². The van der Waals surface area contributed by atoms with Crippen LogP contribution in [0.25, 0.3) is 0 Å². The standard InChI is InChI=1S/C11H14ClNO2/c1-7(2)10(11(14)15)13-9-5-3-8(12)4-6-9/h3-7,10,13H,1-2H3,(H,14,15). The first-order valence-electron chi connectivity index (χ1n) is 4.75. The molecule has 1 aromatic carbocycles. The highest BCUT2D eigenvalue weighted by Crippen LogP contribution is 2.16. The van der Waals surface area contributed by atoms with Crippen LogP contribution in [0.4, 0.5) is 5.69 Å². The van der Waals surface area contributed by atoms with E-state index in [4.69, 9.17) is 16.7 Å². The first kappa shape index (κ1) is 11.9. The molecule has 1 unspecified atom stereocenters. The minimum atomic E-state index is -0.847. The molecule has 0 spiro atoms. The van der Waals surface area contributed by atoms with E-state index >= 15 is 0 Å². The largest absolute Gasteiger partial charge is 0.480 e. The summed E-state index contributed by atoms with van der Waals surface area (Å²) in [4.78, 5) is 10.9. The van der Waals surface area contributed by atoms with Crippen molar-refractivity contribution in [1.29, 1.82) is 0 Å². The fraction of sp³-hybridized carbons (Fsp3) is 0.364. The molecule has 82 valence electrons. The number of halogens is 1. The molecule has 0 radical (unpaired) electrons. The fourth-order valence-electron chi connectivity index (χ4n) is 1.24. The Morgan fingerprint density at radius 2 is 1.87 bits per heavy atom. The number of aliphatic carboxylic acids is 1. The molecular weight excluding hydrogens is 214 g/mol. The maximum atomic E-state index is 10.9. The molecule has 0 aliphatic rings. The van der Waals surface area contributed by atoms with Gasteiger partial charge in [0, 0.05) is 10.7 Å². The zero-order chi connectivity index (χ0) is 11.4. The van der Waals surface area contributed by atoms with E-state index in [0.29, 0.717) is 5.02 Å². The van der Waals surface area contributed by atoms with Crippen molar-refractivity contribution >= 4 is 23.3 Å². The number of nitrogens with one attached hydrogen (secondary N) is 1. The number of anilines is 1. The molecule has 4 heteroatoms. The highest BCUT2D eigenvalue weighted by molar-refractivity contribution is 6.30. The number of carboxylic acid groups (broad SMARTS) is 1. The van der Waals surface area contributed by atoms with Crippen molar-refractivity contribution in [3.63, 3.8) is 0 Å². The van der Waals surface area contributed by atoms with Gasteiger partial charge in [-0.2, -0.15) is 0 Å². The number of rotatable bonds is 4. The van der Waals surface area contributed by atoms with Crippen molar-refractivity contribution in [3.8, 4) is 0 Å². The van der Waals surface area contributed by atoms with Gasteiger partial charge in [-0.3, -0.25) is 0 Å². The van der Waals surface area contributed by atoms with Crippen LogP contribution in [0.3, 0.4) is 0 Å². The van der Waals surface area contributed by atoms with Crippen LogP contribution in [-0.4, -0.2) is 17.1 Å². The van der Waals surface area contributed by atoms with Gasteiger partial charge in [0.2, 0.25) is 0 Å². The number of carboxylic acids is 1. The zero-order valence-corrected chi connectivity index (χ0v) is 9.45. The molecule has 3 nitrogen and oxygen atoms in total. The van der Waals surface area contributed by atoms with Gasteiger partial charge in [-0.15, -0.1) is 0 Å². The Labute approximate surface area is 94.1 Å². The lowest BCUT2D eigenvalue weighted by Crippen LogP contribution is -2.34. The van der Waals surface area contributed by atoms with Crippen LogP contribution >= 0.6 is 11.6 Å². The summed E-state index contributed by atoms with van der Waals surface area (Å²) >= 11 is 5.73. The van der Waals surface area contributed by atoms with Crippen LogP contribution in [0.1, 0.15) is 13.8 Å². The average molecular weight is 228 g/mol. The van der Waals surface area contributed by atoms with E-state index < -0.39 is 12.0 Å². The third-order valence-corrected chi connectivity index (χ3v) is 2.35. The molecule has 0 amide bonds. The monoisotopic (exact) mass is 227 g/mol. The number of carbonyl (C=O) groups is 1. The fourth-order valence-corrected chi connectivity index (χ4v) is 1.37. The molecule has 1 atom stereocenters. The van der Waals surface area contributed by atoms with E-state index in [1.165, 1.54) is 0 Å². The van der Waals surface area contributed by atoms with E-state index in [-0.39, 0.29) is 5.92 Å². The smallest absolute Gasteiger partial charge is 0.326 e. The Bertz CT molecular complexity index is 335. The van der Waals surface area contributed by atoms with Gasteiger partial charge in [0.05, 0.1) is 0 Å². The summed E-state index contributed by atoms with van der Waals surface area (Å²) in [5.74, 6) is -0.821. The summed E-state index contributed by atoms with van der Waals surface area (Å²) in [6.45, 7) is 3.73. The minimum Gasteiger partial charge on any atom is -0.480 e. The molecule has 0 aliphatic carbocycles. The first-order chi connectivity index (χ1) is 7.00. The Hall–Kier alpha value is -1.22. The predicted molar refractivity (Wildman–Crippen MR) is 61.3 cm³/mol. The van der Waals surface area contributed by atoms with Crippen molar-refractivity contribution < 1.29 is 9.90 Å². The molecule has 0 heterocycles. The third kappa shape index (κ3) is 3.44. The van der Waals surface area contributed by atoms with Crippen LogP contribution < -0.4 is 5.32 Å². The summed E-state index contributed by atoms with van der Waals surface area (Å²) in [6.07, 6.45) is 0. The second kappa shape index (κ2) is 5.03. The Balaban J connectivity index is 2.74. The van der Waals surface area contributed by atoms with Crippen molar-refractivity contribution in [2.45, 2.75) is 19.9 Å². The first-order valence-corrected chi connectivity index (χ1v) is 5.13. The second-order valence-electron chi connectivity index (χ2n) is 3.71. The van der Waals surface area contributed by atoms with Crippen LogP contribution in [0.15, 0.2) is 24.3 Å². The zero-order valence-electron chi connectivity index (χ0n) is 8.70. The third-order valence-electron chi connectivity index (χ3n) is 2.10. The molecule has 0 saturated heterocycles. The van der Waals surface area contributed by atoms with Crippen LogP contribution in [0.2, 0.25) is 5.02 Å². The maximum Gasteiger partial charge on any atom is 0.326 e. The second-order valence-corrected chi connectivity index (χ2v) is 4.15. The van der Waals surface area contributed by atoms with E-state index in [2.05, 4.69) is 5.32 Å². The lowest BCUT2D eigenvalue weighted by atomic mass is 10.0. The van der Waals surface area contributed by atoms with Crippen molar-refractivity contribution in [3.05, 3.63) is 29.3 Å². The molecule has 0 saturated carbocycles. The Morgan fingerprint density at radius 1 is 1.33 bits per heavy atom. The van der Waals surface area contributed by atoms with Crippen LogP contribution in [0.5, 0.6) is 0 Å². The summed E-state index contributed by atoms with van der Waals surface area (Å²) in [5, 5.41) is 12.6. The van der Waals surface area contributed by atoms with Gasteiger partial charge in [-0.25, -0.2) is 4.79 Å². The highest BCUT2D eigenvalue weighted by Gasteiger charge is 2.20. The summed E-state index contributed by atoms with van der Waals surface area (Å²) in [7, 11) is 0. The molecule has 0 aliphatic heterocycles. The number of benzene rings is 1. The van der Waals surface area contributed by atoms with Gasteiger partial charge in [-0.05, 0) is 30.2 Å². The van der Waals surface area contributed by atoms with E-state index in [0.717, 1.165) is 5.69 Å². The van der Waals surface area contributed by atoms with Crippen LogP contribution in [0, 0.1) is 5.92 Å². The average Bonchev–Trinajstić information content (AvgIpc) is 2.15. The van der Waals surface area contributed by atoms with Gasteiger partial charge < -0.3 is 10.4 Å². The van der Waals surface area contributed by atoms with Crippen LogP contribution in [-0.2, 0) is 4.79 Å². The maximum absolute atomic E-state index is 10.9. The molecule has 0 bridgehead atoms. The van der Waals surface area contributed by atoms with Crippen molar-refractivity contribution in [2.75, 3.05) is 5.32 Å². The lowest BCUT2D eigenvalue weighted by Gasteiger charge is -2.19. The SMILES string of the molecule is CC(C)C(Nc1ccc(Cl)cc1)C(=O)O. The topological polar surface area (TPSA) is 49.3 Å². The van der Waals surface area contributed by atoms with E-state index in [1.807, 2.05) is 13.8 Å².